The molecule has 0 atom stereocenters. The molecule has 2 aromatic heterocycles. The van der Waals surface area contributed by atoms with E-state index in [9.17, 15) is 20.0 Å². The minimum absolute atomic E-state index is 0.0337. The maximum Gasteiger partial charge on any atom is 0.357 e. The lowest BCUT2D eigenvalue weighted by Crippen LogP contribution is -2.13. The van der Waals surface area contributed by atoms with E-state index >= 15 is 0 Å². The predicted octanol–water partition coefficient (Wildman–Crippen LogP) is 3.14. The number of carbonyl (C=O) groups is 2. The Labute approximate surface area is 152 Å². The summed E-state index contributed by atoms with van der Waals surface area (Å²) in [7, 11) is 1.19. The monoisotopic (exact) mass is 367 g/mol. The van der Waals surface area contributed by atoms with Crippen LogP contribution in [0.15, 0.2) is 41.2 Å². The van der Waals surface area contributed by atoms with Gasteiger partial charge in [0.2, 0.25) is 0 Å². The van der Waals surface area contributed by atoms with E-state index in [1.807, 2.05) is 22.9 Å². The summed E-state index contributed by atoms with van der Waals surface area (Å²) in [5, 5.41) is 22.6. The molecule has 3 rings (SSSR count). The van der Waals surface area contributed by atoms with Gasteiger partial charge >= 0.3 is 11.9 Å². The number of nitriles is 1. The summed E-state index contributed by atoms with van der Waals surface area (Å²) in [4.78, 5) is 23.9. The van der Waals surface area contributed by atoms with Gasteiger partial charge in [0.05, 0.1) is 29.6 Å². The van der Waals surface area contributed by atoms with Gasteiger partial charge in [-0.1, -0.05) is 6.07 Å². The number of nitrogens with two attached hydrogens (primary N) is 1. The van der Waals surface area contributed by atoms with Crippen LogP contribution < -0.4 is 5.73 Å². The number of hydrogen-bond donors (Lipinski definition) is 2. The SMILES string of the molecule is COC(=O)c1c(N)c(C#N)cn1-c1cc(-c2ccsc2)ccc1C(=O)O. The molecule has 3 aromatic rings. The number of ether oxygens (including phenoxy) is 1. The van der Waals surface area contributed by atoms with E-state index in [4.69, 9.17) is 10.5 Å². The number of nitrogen functional groups attached to an aromatic ring is 1. The summed E-state index contributed by atoms with van der Waals surface area (Å²) in [6.45, 7) is 0. The van der Waals surface area contributed by atoms with Crippen molar-refractivity contribution in [1.29, 1.82) is 5.26 Å². The highest BCUT2D eigenvalue weighted by Crippen LogP contribution is 2.31. The molecule has 8 heteroatoms. The maximum absolute atomic E-state index is 12.2. The molecule has 0 aliphatic carbocycles. The fraction of sp³-hybridized carbons (Fsp3) is 0.0556. The molecule has 0 aliphatic heterocycles. The van der Waals surface area contributed by atoms with Crippen molar-refractivity contribution >= 4 is 29.0 Å². The smallest absolute Gasteiger partial charge is 0.357 e. The molecule has 0 aliphatic rings. The van der Waals surface area contributed by atoms with Crippen LogP contribution in [0, 0.1) is 11.3 Å². The molecule has 0 spiro atoms. The quantitative estimate of drug-likeness (QED) is 0.684. The maximum atomic E-state index is 12.2. The average Bonchev–Trinajstić information content (AvgIpc) is 3.28. The van der Waals surface area contributed by atoms with Crippen molar-refractivity contribution in [2.24, 2.45) is 0 Å². The minimum atomic E-state index is -1.17. The molecule has 0 amide bonds. The van der Waals surface area contributed by atoms with Gasteiger partial charge in [-0.05, 0) is 40.1 Å². The zero-order chi connectivity index (χ0) is 18.8. The third-order valence-corrected chi connectivity index (χ3v) is 4.57. The number of benzene rings is 1. The molecule has 0 fully saturated rings. The molecule has 0 bridgehead atoms. The molecule has 0 saturated heterocycles. The van der Waals surface area contributed by atoms with Crippen molar-refractivity contribution in [2.45, 2.75) is 0 Å². The number of carboxylic acids is 1. The average molecular weight is 367 g/mol. The number of aromatic nitrogens is 1. The molecule has 26 heavy (non-hydrogen) atoms. The normalized spacial score (nSPS) is 10.3. The molecular formula is C18H13N3O4S. The Balaban J connectivity index is 2.32. The van der Waals surface area contributed by atoms with E-state index in [1.54, 1.807) is 12.1 Å². The van der Waals surface area contributed by atoms with Crippen molar-refractivity contribution in [3.05, 3.63) is 58.0 Å². The highest BCUT2D eigenvalue weighted by molar-refractivity contribution is 7.08. The van der Waals surface area contributed by atoms with Crippen molar-refractivity contribution in [2.75, 3.05) is 12.8 Å². The highest BCUT2D eigenvalue weighted by atomic mass is 32.1. The van der Waals surface area contributed by atoms with Crippen LogP contribution in [0.25, 0.3) is 16.8 Å². The summed E-state index contributed by atoms with van der Waals surface area (Å²) in [6, 6.07) is 8.57. The van der Waals surface area contributed by atoms with Gasteiger partial charge in [0, 0.05) is 6.20 Å². The van der Waals surface area contributed by atoms with Crippen LogP contribution in [0.1, 0.15) is 26.4 Å². The zero-order valence-corrected chi connectivity index (χ0v) is 14.4. The van der Waals surface area contributed by atoms with Crippen molar-refractivity contribution in [3.8, 4) is 22.9 Å². The Morgan fingerprint density at radius 1 is 1.31 bits per heavy atom. The molecule has 2 heterocycles. The largest absolute Gasteiger partial charge is 0.478 e. The van der Waals surface area contributed by atoms with Crippen LogP contribution in [-0.2, 0) is 4.74 Å². The van der Waals surface area contributed by atoms with E-state index in [0.29, 0.717) is 0 Å². The Morgan fingerprint density at radius 3 is 2.65 bits per heavy atom. The van der Waals surface area contributed by atoms with Gasteiger partial charge in [-0.15, -0.1) is 0 Å². The molecule has 0 radical (unpaired) electrons. The first-order valence-corrected chi connectivity index (χ1v) is 8.31. The lowest BCUT2D eigenvalue weighted by molar-refractivity contribution is 0.0591. The summed E-state index contributed by atoms with van der Waals surface area (Å²) in [5.41, 5.74) is 7.67. The van der Waals surface area contributed by atoms with Crippen molar-refractivity contribution < 1.29 is 19.4 Å². The highest BCUT2D eigenvalue weighted by Gasteiger charge is 2.24. The van der Waals surface area contributed by atoms with Gasteiger partial charge in [0.25, 0.3) is 0 Å². The van der Waals surface area contributed by atoms with E-state index < -0.39 is 11.9 Å². The summed E-state index contributed by atoms with van der Waals surface area (Å²) in [5.74, 6) is -1.93. The zero-order valence-electron chi connectivity index (χ0n) is 13.6. The van der Waals surface area contributed by atoms with Crippen LogP contribution >= 0.6 is 11.3 Å². The first-order valence-electron chi connectivity index (χ1n) is 7.37. The Hall–Kier alpha value is -3.57. The predicted molar refractivity (Wildman–Crippen MR) is 96.5 cm³/mol. The minimum Gasteiger partial charge on any atom is -0.478 e. The van der Waals surface area contributed by atoms with Crippen LogP contribution in [0.3, 0.4) is 0 Å². The Morgan fingerprint density at radius 2 is 2.08 bits per heavy atom. The molecule has 1 aromatic carbocycles. The molecule has 130 valence electrons. The molecule has 7 nitrogen and oxygen atoms in total. The first-order chi connectivity index (χ1) is 12.5. The number of nitrogens with zero attached hydrogens (tertiary/aromatic N) is 2. The number of esters is 1. The standard InChI is InChI=1S/C18H13N3O4S/c1-25-18(24)16-15(20)12(7-19)8-21(16)14-6-10(11-4-5-26-9-11)2-3-13(14)17(22)23/h2-6,8-9H,20H2,1H3,(H,22,23). The summed E-state index contributed by atoms with van der Waals surface area (Å²) < 4.78 is 6.04. The molecule has 0 saturated carbocycles. The van der Waals surface area contributed by atoms with Crippen LogP contribution in [-0.4, -0.2) is 28.7 Å². The third-order valence-electron chi connectivity index (χ3n) is 3.89. The fourth-order valence-electron chi connectivity index (χ4n) is 2.62. The molecule has 0 unspecified atom stereocenters. The number of hydrogen-bond acceptors (Lipinski definition) is 6. The summed E-state index contributed by atoms with van der Waals surface area (Å²) in [6.07, 6.45) is 1.33. The number of rotatable bonds is 4. The lowest BCUT2D eigenvalue weighted by atomic mass is 10.0. The van der Waals surface area contributed by atoms with Gasteiger partial charge < -0.3 is 20.1 Å². The van der Waals surface area contributed by atoms with Gasteiger partial charge in [0.15, 0.2) is 5.69 Å². The number of anilines is 1. The van der Waals surface area contributed by atoms with E-state index in [-0.39, 0.29) is 28.2 Å². The van der Waals surface area contributed by atoms with Gasteiger partial charge in [-0.3, -0.25) is 0 Å². The van der Waals surface area contributed by atoms with Crippen molar-refractivity contribution in [3.63, 3.8) is 0 Å². The fourth-order valence-corrected chi connectivity index (χ4v) is 3.29. The second-order valence-corrected chi connectivity index (χ2v) is 6.11. The summed E-state index contributed by atoms with van der Waals surface area (Å²) >= 11 is 1.51. The first kappa shape index (κ1) is 17.3. The van der Waals surface area contributed by atoms with E-state index in [2.05, 4.69) is 0 Å². The van der Waals surface area contributed by atoms with Gasteiger partial charge in [0.1, 0.15) is 6.07 Å². The van der Waals surface area contributed by atoms with Gasteiger partial charge in [-0.25, -0.2) is 9.59 Å². The van der Waals surface area contributed by atoms with E-state index in [0.717, 1.165) is 11.1 Å². The Kier molecular flexibility index (Phi) is 4.47. The van der Waals surface area contributed by atoms with Crippen LogP contribution in [0.5, 0.6) is 0 Å². The second-order valence-electron chi connectivity index (χ2n) is 5.33. The number of carboxylic acid groups (broad SMARTS) is 1. The number of carbonyl (C=O) groups excluding carboxylic acids is 1. The van der Waals surface area contributed by atoms with Gasteiger partial charge in [-0.2, -0.15) is 16.6 Å². The Bertz CT molecular complexity index is 1050. The second kappa shape index (κ2) is 6.74. The molecule has 3 N–H and O–H groups in total. The van der Waals surface area contributed by atoms with Crippen molar-refractivity contribution in [1.82, 2.24) is 4.57 Å². The van der Waals surface area contributed by atoms with Crippen LogP contribution in [0.4, 0.5) is 5.69 Å². The number of thiophene rings is 1. The third kappa shape index (κ3) is 2.81. The van der Waals surface area contributed by atoms with Crippen LogP contribution in [0.2, 0.25) is 0 Å². The number of methoxy groups -OCH3 is 1. The lowest BCUT2D eigenvalue weighted by Gasteiger charge is -2.13. The topological polar surface area (TPSA) is 118 Å². The number of aromatic carboxylic acids is 1. The molecular weight excluding hydrogens is 354 g/mol. The van der Waals surface area contributed by atoms with E-state index in [1.165, 1.54) is 35.3 Å².